The van der Waals surface area contributed by atoms with Gasteiger partial charge in [-0.1, -0.05) is 37.3 Å². The Morgan fingerprint density at radius 1 is 1.21 bits per heavy atom. The Morgan fingerprint density at radius 2 is 1.97 bits per heavy atom. The number of urea groups is 1. The number of fused-ring (bicyclic) bond motifs is 1. The smallest absolute Gasteiger partial charge is 0.321 e. The molecule has 1 aliphatic heterocycles. The maximum Gasteiger partial charge on any atom is 0.321 e. The van der Waals surface area contributed by atoms with Gasteiger partial charge in [0.05, 0.1) is 26.3 Å². The maximum atomic E-state index is 13.7. The van der Waals surface area contributed by atoms with Crippen LogP contribution in [0.5, 0.6) is 11.6 Å². The quantitative estimate of drug-likeness (QED) is 0.487. The van der Waals surface area contributed by atoms with Crippen molar-refractivity contribution in [3.63, 3.8) is 0 Å². The molecule has 0 fully saturated rings. The standard InChI is InChI=1S/C29H34N4O5/c1-19-16-33(20(2)18-34)28(35)25-14-22(21-9-8-12-24(13-21)37-4)15-30-27(25)38-26(19)17-32(3)29(36)31-23-10-6-5-7-11-23/h5-15,19-20,26,34H,16-18H2,1-4H3,(H,31,36)/t19-,20+,26-/m0/s1. The van der Waals surface area contributed by atoms with E-state index in [1.165, 1.54) is 0 Å². The Labute approximate surface area is 223 Å². The van der Waals surface area contributed by atoms with Crippen LogP contribution < -0.4 is 14.8 Å². The Kier molecular flexibility index (Phi) is 8.48. The van der Waals surface area contributed by atoms with Gasteiger partial charge in [-0.2, -0.15) is 0 Å². The summed E-state index contributed by atoms with van der Waals surface area (Å²) in [6.45, 7) is 4.21. The summed E-state index contributed by atoms with van der Waals surface area (Å²) < 4.78 is 11.7. The molecule has 38 heavy (non-hydrogen) atoms. The Balaban J connectivity index is 1.64. The molecule has 0 spiro atoms. The highest BCUT2D eigenvalue weighted by atomic mass is 16.5. The first-order valence-corrected chi connectivity index (χ1v) is 12.6. The number of anilines is 1. The molecular formula is C29H34N4O5. The largest absolute Gasteiger partial charge is 0.497 e. The molecule has 2 aromatic carbocycles. The number of aliphatic hydroxyl groups excluding tert-OH is 1. The molecule has 3 amide bonds. The molecular weight excluding hydrogens is 484 g/mol. The van der Waals surface area contributed by atoms with Gasteiger partial charge in [0.15, 0.2) is 0 Å². The van der Waals surface area contributed by atoms with E-state index in [1.54, 1.807) is 43.1 Å². The van der Waals surface area contributed by atoms with Gasteiger partial charge in [0.25, 0.3) is 5.91 Å². The highest BCUT2D eigenvalue weighted by Gasteiger charge is 2.34. The molecule has 0 bridgehead atoms. The zero-order valence-electron chi connectivity index (χ0n) is 22.1. The molecule has 0 aliphatic carbocycles. The van der Waals surface area contributed by atoms with Crippen LogP contribution in [-0.2, 0) is 0 Å². The van der Waals surface area contributed by atoms with Crippen LogP contribution in [0.2, 0.25) is 0 Å². The number of methoxy groups -OCH3 is 1. The Bertz CT molecular complexity index is 1270. The molecule has 0 saturated heterocycles. The second-order valence-corrected chi connectivity index (χ2v) is 9.61. The summed E-state index contributed by atoms with van der Waals surface area (Å²) in [7, 11) is 3.30. The number of amides is 3. The summed E-state index contributed by atoms with van der Waals surface area (Å²) in [5.74, 6) is 0.482. The average Bonchev–Trinajstić information content (AvgIpc) is 2.94. The summed E-state index contributed by atoms with van der Waals surface area (Å²) in [4.78, 5) is 34.3. The second-order valence-electron chi connectivity index (χ2n) is 9.61. The zero-order valence-corrected chi connectivity index (χ0v) is 22.1. The molecule has 4 rings (SSSR count). The van der Waals surface area contributed by atoms with E-state index in [0.29, 0.717) is 23.5 Å². The van der Waals surface area contributed by atoms with Crippen molar-refractivity contribution in [2.45, 2.75) is 26.0 Å². The van der Waals surface area contributed by atoms with E-state index < -0.39 is 12.1 Å². The van der Waals surface area contributed by atoms with Crippen molar-refractivity contribution in [3.8, 4) is 22.8 Å². The number of ether oxygens (including phenoxy) is 2. The van der Waals surface area contributed by atoms with Gasteiger partial charge in [0.2, 0.25) is 5.88 Å². The number of carbonyl (C=O) groups excluding carboxylic acids is 2. The fourth-order valence-electron chi connectivity index (χ4n) is 4.37. The van der Waals surface area contributed by atoms with E-state index in [4.69, 9.17) is 9.47 Å². The minimum Gasteiger partial charge on any atom is -0.497 e. The number of likely N-dealkylation sites (N-methyl/N-ethyl adjacent to an activating group) is 1. The second kappa shape index (κ2) is 12.0. The van der Waals surface area contributed by atoms with Crippen molar-refractivity contribution in [2.75, 3.05) is 39.2 Å². The number of aromatic nitrogens is 1. The van der Waals surface area contributed by atoms with Gasteiger partial charge < -0.3 is 29.7 Å². The third-order valence-electron chi connectivity index (χ3n) is 6.75. The number of benzene rings is 2. The van der Waals surface area contributed by atoms with Gasteiger partial charge in [-0.05, 0) is 42.8 Å². The van der Waals surface area contributed by atoms with E-state index in [1.807, 2.05) is 61.5 Å². The van der Waals surface area contributed by atoms with Crippen LogP contribution in [0.4, 0.5) is 10.5 Å². The summed E-state index contributed by atoms with van der Waals surface area (Å²) in [6, 6.07) is 17.8. The lowest BCUT2D eigenvalue weighted by atomic mass is 9.99. The first-order valence-electron chi connectivity index (χ1n) is 12.6. The molecule has 0 unspecified atom stereocenters. The zero-order chi connectivity index (χ0) is 27.2. The van der Waals surface area contributed by atoms with Crippen molar-refractivity contribution in [3.05, 3.63) is 72.4 Å². The van der Waals surface area contributed by atoms with Crippen molar-refractivity contribution in [1.29, 1.82) is 0 Å². The molecule has 2 heterocycles. The van der Waals surface area contributed by atoms with Crippen LogP contribution in [0.25, 0.3) is 11.1 Å². The number of nitrogens with one attached hydrogen (secondary N) is 1. The molecule has 200 valence electrons. The summed E-state index contributed by atoms with van der Waals surface area (Å²) in [6.07, 6.45) is 1.22. The van der Waals surface area contributed by atoms with E-state index in [2.05, 4.69) is 10.3 Å². The predicted octanol–water partition coefficient (Wildman–Crippen LogP) is 4.14. The first kappa shape index (κ1) is 26.9. The van der Waals surface area contributed by atoms with E-state index in [0.717, 1.165) is 11.1 Å². The monoisotopic (exact) mass is 518 g/mol. The molecule has 0 radical (unpaired) electrons. The number of aliphatic hydroxyl groups is 1. The molecule has 9 heteroatoms. The summed E-state index contributed by atoms with van der Waals surface area (Å²) in [5, 5.41) is 12.8. The SMILES string of the molecule is COc1cccc(-c2cnc3c(c2)C(=O)N([C@H](C)CO)C[C@H](C)[C@H](CN(C)C(=O)Nc2ccccc2)O3)c1. The molecule has 9 nitrogen and oxygen atoms in total. The van der Waals surface area contributed by atoms with Crippen molar-refractivity contribution in [1.82, 2.24) is 14.8 Å². The molecule has 1 aromatic heterocycles. The first-order chi connectivity index (χ1) is 18.3. The van der Waals surface area contributed by atoms with Crippen LogP contribution in [0, 0.1) is 5.92 Å². The number of para-hydroxylation sites is 1. The number of hydrogen-bond donors (Lipinski definition) is 2. The predicted molar refractivity (Wildman–Crippen MR) is 145 cm³/mol. The molecule has 3 atom stereocenters. The lowest BCUT2D eigenvalue weighted by molar-refractivity contribution is 0.0356. The normalized spacial score (nSPS) is 17.9. The molecule has 1 aliphatic rings. The molecule has 3 aromatic rings. The van der Waals surface area contributed by atoms with Gasteiger partial charge in [-0.25, -0.2) is 9.78 Å². The van der Waals surface area contributed by atoms with Crippen LogP contribution in [-0.4, -0.2) is 77.8 Å². The van der Waals surface area contributed by atoms with Gasteiger partial charge in [-0.3, -0.25) is 4.79 Å². The van der Waals surface area contributed by atoms with Crippen molar-refractivity contribution < 1.29 is 24.2 Å². The van der Waals surface area contributed by atoms with Gasteiger partial charge in [0.1, 0.15) is 17.4 Å². The number of pyridine rings is 1. The van der Waals surface area contributed by atoms with Gasteiger partial charge >= 0.3 is 6.03 Å². The van der Waals surface area contributed by atoms with Crippen LogP contribution >= 0.6 is 0 Å². The fourth-order valence-corrected chi connectivity index (χ4v) is 4.37. The fraction of sp³-hybridized carbons (Fsp3) is 0.345. The lowest BCUT2D eigenvalue weighted by Crippen LogP contribution is -2.50. The summed E-state index contributed by atoms with van der Waals surface area (Å²) in [5.41, 5.74) is 2.58. The third-order valence-corrected chi connectivity index (χ3v) is 6.75. The number of nitrogens with zero attached hydrogens (tertiary/aromatic N) is 3. The number of carbonyl (C=O) groups is 2. The highest BCUT2D eigenvalue weighted by molar-refractivity contribution is 5.98. The minimum atomic E-state index is -0.447. The number of hydrogen-bond acceptors (Lipinski definition) is 6. The van der Waals surface area contributed by atoms with Crippen LogP contribution in [0.15, 0.2) is 66.9 Å². The average molecular weight is 519 g/mol. The third kappa shape index (κ3) is 6.06. The van der Waals surface area contributed by atoms with Crippen LogP contribution in [0.1, 0.15) is 24.2 Å². The molecule has 2 N–H and O–H groups in total. The molecule has 0 saturated carbocycles. The van der Waals surface area contributed by atoms with Gasteiger partial charge in [-0.15, -0.1) is 0 Å². The lowest BCUT2D eigenvalue weighted by Gasteiger charge is -2.37. The van der Waals surface area contributed by atoms with Gasteiger partial charge in [0, 0.05) is 37.0 Å². The van der Waals surface area contributed by atoms with Crippen LogP contribution in [0.3, 0.4) is 0 Å². The number of rotatable bonds is 7. The van der Waals surface area contributed by atoms with E-state index in [-0.39, 0.29) is 36.9 Å². The van der Waals surface area contributed by atoms with Crippen molar-refractivity contribution in [2.24, 2.45) is 5.92 Å². The Hall–Kier alpha value is -4.11. The topological polar surface area (TPSA) is 104 Å². The van der Waals surface area contributed by atoms with E-state index in [9.17, 15) is 14.7 Å². The minimum absolute atomic E-state index is 0.145. The highest BCUT2D eigenvalue weighted by Crippen LogP contribution is 2.31. The van der Waals surface area contributed by atoms with Crippen molar-refractivity contribution >= 4 is 17.6 Å². The maximum absolute atomic E-state index is 13.7. The van der Waals surface area contributed by atoms with E-state index >= 15 is 0 Å². The summed E-state index contributed by atoms with van der Waals surface area (Å²) >= 11 is 0. The Morgan fingerprint density at radius 3 is 2.68 bits per heavy atom.